The molecule has 3 heterocycles. The van der Waals surface area contributed by atoms with Gasteiger partial charge in [-0.25, -0.2) is 9.78 Å². The minimum atomic E-state index is -0.831. The highest BCUT2D eigenvalue weighted by atomic mass is 35.5. The summed E-state index contributed by atoms with van der Waals surface area (Å²) < 4.78 is 16.9. The third-order valence-corrected chi connectivity index (χ3v) is 7.62. The van der Waals surface area contributed by atoms with Crippen molar-refractivity contribution in [2.24, 2.45) is 0 Å². The molecule has 1 amide bonds. The number of aryl methyl sites for hydroxylation is 1. The molecule has 0 bridgehead atoms. The number of rotatable bonds is 8. The second kappa shape index (κ2) is 10.6. The van der Waals surface area contributed by atoms with Gasteiger partial charge in [-0.3, -0.25) is 14.5 Å². The number of carbonyl (C=O) groups is 2. The van der Waals surface area contributed by atoms with Crippen LogP contribution in [0.1, 0.15) is 69.8 Å². The molecule has 196 valence electrons. The zero-order chi connectivity index (χ0) is 27.0. The highest BCUT2D eigenvalue weighted by molar-refractivity contribution is 7.17. The number of fused-ring (bicyclic) bond motifs is 2. The fourth-order valence-electron chi connectivity index (χ4n) is 4.41. The molecule has 0 fully saturated rings. The number of amides is 1. The van der Waals surface area contributed by atoms with E-state index in [2.05, 4.69) is 11.9 Å². The number of benzene rings is 2. The van der Waals surface area contributed by atoms with Crippen LogP contribution in [0.15, 0.2) is 51.7 Å². The third kappa shape index (κ3) is 4.56. The van der Waals surface area contributed by atoms with Crippen LogP contribution in [0.3, 0.4) is 0 Å². The van der Waals surface area contributed by atoms with E-state index in [1.807, 2.05) is 24.3 Å². The van der Waals surface area contributed by atoms with Crippen LogP contribution in [0, 0.1) is 6.92 Å². The summed E-state index contributed by atoms with van der Waals surface area (Å²) in [6, 6.07) is 11.1. The number of aromatic nitrogens is 1. The first kappa shape index (κ1) is 25.9. The summed E-state index contributed by atoms with van der Waals surface area (Å²) in [4.78, 5) is 46.3. The quantitative estimate of drug-likeness (QED) is 0.186. The maximum atomic E-state index is 13.8. The Morgan fingerprint density at radius 1 is 1.16 bits per heavy atom. The number of thiazole rings is 1. The molecule has 0 aliphatic carbocycles. The number of nitrogens with zero attached hydrogens (tertiary/aromatic N) is 2. The van der Waals surface area contributed by atoms with Gasteiger partial charge in [0.2, 0.25) is 5.76 Å². The second-order valence-electron chi connectivity index (χ2n) is 8.79. The molecule has 5 rings (SSSR count). The van der Waals surface area contributed by atoms with E-state index < -0.39 is 17.9 Å². The number of halogens is 1. The SMILES string of the molecule is CCCCOc1ccc(C2c3c(oc4ccc(Cl)cc4c3=O)C(=O)N2c2nc(C)c(C(=O)OCC)s2)cc1. The van der Waals surface area contributed by atoms with Gasteiger partial charge >= 0.3 is 5.97 Å². The van der Waals surface area contributed by atoms with Gasteiger partial charge in [0.05, 0.1) is 35.9 Å². The van der Waals surface area contributed by atoms with Crippen molar-refractivity contribution in [2.45, 2.75) is 39.7 Å². The van der Waals surface area contributed by atoms with E-state index in [4.69, 9.17) is 25.5 Å². The van der Waals surface area contributed by atoms with Crippen molar-refractivity contribution in [3.8, 4) is 5.75 Å². The van der Waals surface area contributed by atoms with Crippen molar-refractivity contribution in [1.29, 1.82) is 0 Å². The van der Waals surface area contributed by atoms with Gasteiger partial charge in [0.25, 0.3) is 5.91 Å². The lowest BCUT2D eigenvalue weighted by atomic mass is 9.98. The number of anilines is 1. The molecule has 1 aliphatic heterocycles. The van der Waals surface area contributed by atoms with Crippen molar-refractivity contribution in [3.05, 3.63) is 85.2 Å². The normalized spacial score (nSPS) is 14.7. The summed E-state index contributed by atoms with van der Waals surface area (Å²) in [6.45, 7) is 6.29. The number of unbranched alkanes of at least 4 members (excludes halogenated alkanes) is 1. The maximum absolute atomic E-state index is 13.8. The van der Waals surface area contributed by atoms with E-state index in [1.54, 1.807) is 26.0 Å². The van der Waals surface area contributed by atoms with Crippen molar-refractivity contribution in [2.75, 3.05) is 18.1 Å². The van der Waals surface area contributed by atoms with E-state index in [9.17, 15) is 14.4 Å². The average Bonchev–Trinajstić information content (AvgIpc) is 3.42. The highest BCUT2D eigenvalue weighted by Crippen LogP contribution is 2.43. The van der Waals surface area contributed by atoms with Crippen LogP contribution in [0.5, 0.6) is 5.75 Å². The highest BCUT2D eigenvalue weighted by Gasteiger charge is 2.45. The lowest BCUT2D eigenvalue weighted by Gasteiger charge is -2.22. The predicted molar refractivity (Wildman–Crippen MR) is 146 cm³/mol. The van der Waals surface area contributed by atoms with Gasteiger partial charge in [-0.1, -0.05) is 48.4 Å². The van der Waals surface area contributed by atoms with Crippen molar-refractivity contribution in [3.63, 3.8) is 0 Å². The fourth-order valence-corrected chi connectivity index (χ4v) is 5.57. The summed E-state index contributed by atoms with van der Waals surface area (Å²) >= 11 is 7.21. The summed E-state index contributed by atoms with van der Waals surface area (Å²) in [6.07, 6.45) is 1.95. The van der Waals surface area contributed by atoms with Gasteiger partial charge < -0.3 is 13.9 Å². The van der Waals surface area contributed by atoms with Gasteiger partial charge in [0.1, 0.15) is 16.2 Å². The Balaban J connectivity index is 1.66. The Bertz CT molecular complexity index is 1590. The summed E-state index contributed by atoms with van der Waals surface area (Å²) in [5.41, 5.74) is 1.19. The fraction of sp³-hybridized carbons (Fsp3) is 0.286. The smallest absolute Gasteiger partial charge is 0.350 e. The van der Waals surface area contributed by atoms with Gasteiger partial charge in [-0.05, 0) is 56.2 Å². The Kier molecular flexibility index (Phi) is 7.23. The van der Waals surface area contributed by atoms with E-state index in [0.717, 1.165) is 24.2 Å². The summed E-state index contributed by atoms with van der Waals surface area (Å²) in [5.74, 6) is -0.419. The molecule has 0 saturated carbocycles. The number of hydrogen-bond acceptors (Lipinski definition) is 8. The van der Waals surface area contributed by atoms with Crippen LogP contribution < -0.4 is 15.1 Å². The lowest BCUT2D eigenvalue weighted by Crippen LogP contribution is -2.29. The number of esters is 1. The number of hydrogen-bond donors (Lipinski definition) is 0. The molecule has 2 aromatic heterocycles. The second-order valence-corrected chi connectivity index (χ2v) is 10.2. The molecule has 0 radical (unpaired) electrons. The average molecular weight is 553 g/mol. The number of ether oxygens (including phenoxy) is 2. The van der Waals surface area contributed by atoms with E-state index in [0.29, 0.717) is 33.5 Å². The van der Waals surface area contributed by atoms with Crippen molar-refractivity contribution in [1.82, 2.24) is 4.98 Å². The molecule has 8 nitrogen and oxygen atoms in total. The first-order valence-electron chi connectivity index (χ1n) is 12.3. The van der Waals surface area contributed by atoms with Gasteiger partial charge in [-0.2, -0.15) is 0 Å². The Morgan fingerprint density at radius 2 is 1.92 bits per heavy atom. The molecular weight excluding hydrogens is 528 g/mol. The Hall–Kier alpha value is -3.69. The van der Waals surface area contributed by atoms with Crippen LogP contribution in [0.4, 0.5) is 5.13 Å². The van der Waals surface area contributed by atoms with Crippen molar-refractivity contribution < 1.29 is 23.5 Å². The first-order valence-corrected chi connectivity index (χ1v) is 13.5. The molecule has 0 saturated heterocycles. The zero-order valence-electron chi connectivity index (χ0n) is 21.1. The maximum Gasteiger partial charge on any atom is 0.350 e. The van der Waals surface area contributed by atoms with Gasteiger partial charge in [0.15, 0.2) is 10.6 Å². The van der Waals surface area contributed by atoms with Crippen LogP contribution in [-0.4, -0.2) is 30.1 Å². The molecule has 1 unspecified atom stereocenters. The Labute approximate surface area is 227 Å². The molecule has 0 N–H and O–H groups in total. The Morgan fingerprint density at radius 3 is 2.63 bits per heavy atom. The van der Waals surface area contributed by atoms with Crippen LogP contribution in [0.25, 0.3) is 11.0 Å². The third-order valence-electron chi connectivity index (χ3n) is 6.25. The molecule has 38 heavy (non-hydrogen) atoms. The van der Waals surface area contributed by atoms with E-state index in [1.165, 1.54) is 11.0 Å². The lowest BCUT2D eigenvalue weighted by molar-refractivity contribution is 0.0531. The van der Waals surface area contributed by atoms with Crippen LogP contribution in [-0.2, 0) is 4.74 Å². The summed E-state index contributed by atoms with van der Waals surface area (Å²) in [5, 5.41) is 0.917. The van der Waals surface area contributed by atoms with E-state index >= 15 is 0 Å². The summed E-state index contributed by atoms with van der Waals surface area (Å²) in [7, 11) is 0. The first-order chi connectivity index (χ1) is 18.3. The minimum Gasteiger partial charge on any atom is -0.494 e. The predicted octanol–water partition coefficient (Wildman–Crippen LogP) is 6.32. The van der Waals surface area contributed by atoms with E-state index in [-0.39, 0.29) is 39.5 Å². The van der Waals surface area contributed by atoms with Gasteiger partial charge in [-0.15, -0.1) is 0 Å². The van der Waals surface area contributed by atoms with Crippen LogP contribution in [0.2, 0.25) is 5.02 Å². The molecule has 0 spiro atoms. The molecule has 1 atom stereocenters. The van der Waals surface area contributed by atoms with Gasteiger partial charge in [0, 0.05) is 5.02 Å². The molecule has 1 aliphatic rings. The largest absolute Gasteiger partial charge is 0.494 e. The number of carbonyl (C=O) groups excluding carboxylic acids is 2. The minimum absolute atomic E-state index is 0.0661. The zero-order valence-corrected chi connectivity index (χ0v) is 22.6. The molecular formula is C28H25ClN2O6S. The van der Waals surface area contributed by atoms with Crippen LogP contribution >= 0.6 is 22.9 Å². The standard InChI is InChI=1S/C28H25ClN2O6S/c1-4-6-13-36-18-10-7-16(8-11-18)22-21-23(32)19-14-17(29)9-12-20(19)37-24(21)26(33)31(22)28-30-15(3)25(38-28)27(34)35-5-2/h7-12,14,22H,4-6,13H2,1-3H3. The molecule has 2 aromatic carbocycles. The molecule has 10 heteroatoms. The topological polar surface area (TPSA) is 98.9 Å². The van der Waals surface area contributed by atoms with Crippen molar-refractivity contribution >= 4 is 50.9 Å². The molecule has 4 aromatic rings. The monoisotopic (exact) mass is 552 g/mol.